The molecule has 3 heterocycles. The molecule has 0 bridgehead atoms. The highest BCUT2D eigenvalue weighted by molar-refractivity contribution is 6.25. The van der Waals surface area contributed by atoms with Gasteiger partial charge in [-0.25, -0.2) is 0 Å². The number of benzene rings is 2. The molecule has 2 N–H and O–H groups in total. The van der Waals surface area contributed by atoms with Gasteiger partial charge in [-0.3, -0.25) is 34.2 Å². The standard InChI is InChI=1S/C27H25F3N4O6/c28-27(29,30)40-20-7-2-1-4-16(20)23(36)31-14-15-10-12-33(13-11-15)18-6-3-5-17-22(18)26(39)34(25(17)38)19-8-9-21(35)32-24(19)37/h1-7,15,19H,8-14H2,(H,31,36)(H,32,35,37). The summed E-state index contributed by atoms with van der Waals surface area (Å²) in [6.45, 7) is 1.25. The van der Waals surface area contributed by atoms with E-state index in [1.54, 1.807) is 12.1 Å². The molecule has 0 spiro atoms. The van der Waals surface area contributed by atoms with Gasteiger partial charge < -0.3 is 15.0 Å². The number of nitrogens with zero attached hydrogens (tertiary/aromatic N) is 2. The van der Waals surface area contributed by atoms with Crippen LogP contribution in [0.1, 0.15) is 56.8 Å². The summed E-state index contributed by atoms with van der Waals surface area (Å²) in [5.74, 6) is -3.52. The molecule has 2 aromatic carbocycles. The number of amides is 5. The van der Waals surface area contributed by atoms with E-state index in [0.29, 0.717) is 31.6 Å². The van der Waals surface area contributed by atoms with Gasteiger partial charge >= 0.3 is 6.36 Å². The van der Waals surface area contributed by atoms with Gasteiger partial charge in [0.05, 0.1) is 22.4 Å². The highest BCUT2D eigenvalue weighted by Crippen LogP contribution is 2.36. The Balaban J connectivity index is 1.22. The van der Waals surface area contributed by atoms with E-state index in [2.05, 4.69) is 15.4 Å². The van der Waals surface area contributed by atoms with Crippen LogP contribution >= 0.6 is 0 Å². The largest absolute Gasteiger partial charge is 0.573 e. The predicted octanol–water partition coefficient (Wildman–Crippen LogP) is 2.63. The van der Waals surface area contributed by atoms with Gasteiger partial charge in [0.25, 0.3) is 17.7 Å². The van der Waals surface area contributed by atoms with E-state index in [-0.39, 0.29) is 42.0 Å². The van der Waals surface area contributed by atoms with E-state index in [0.717, 1.165) is 11.0 Å². The number of carbonyl (C=O) groups is 5. The van der Waals surface area contributed by atoms with E-state index in [4.69, 9.17) is 0 Å². The lowest BCUT2D eigenvalue weighted by Gasteiger charge is -2.34. The molecule has 1 atom stereocenters. The molecule has 5 amide bonds. The molecule has 2 saturated heterocycles. The summed E-state index contributed by atoms with van der Waals surface area (Å²) in [4.78, 5) is 65.8. The molecule has 10 nitrogen and oxygen atoms in total. The fourth-order valence-electron chi connectivity index (χ4n) is 5.34. The number of anilines is 1. The highest BCUT2D eigenvalue weighted by Gasteiger charge is 2.46. The first kappa shape index (κ1) is 27.2. The molecule has 0 aliphatic carbocycles. The number of alkyl halides is 3. The number of ether oxygens (including phenoxy) is 1. The van der Waals surface area contributed by atoms with Crippen molar-refractivity contribution in [2.75, 3.05) is 24.5 Å². The first-order valence-corrected chi connectivity index (χ1v) is 12.8. The zero-order valence-corrected chi connectivity index (χ0v) is 21.1. The van der Waals surface area contributed by atoms with Gasteiger partial charge in [-0.15, -0.1) is 13.2 Å². The van der Waals surface area contributed by atoms with Crippen molar-refractivity contribution in [3.63, 3.8) is 0 Å². The Morgan fingerprint density at radius 1 is 0.975 bits per heavy atom. The Bertz CT molecular complexity index is 1390. The van der Waals surface area contributed by atoms with Crippen molar-refractivity contribution < 1.29 is 41.9 Å². The number of fused-ring (bicyclic) bond motifs is 1. The van der Waals surface area contributed by atoms with Crippen molar-refractivity contribution in [2.24, 2.45) is 5.92 Å². The fourth-order valence-corrected chi connectivity index (χ4v) is 5.34. The predicted molar refractivity (Wildman–Crippen MR) is 134 cm³/mol. The lowest BCUT2D eigenvalue weighted by atomic mass is 9.95. The monoisotopic (exact) mass is 558 g/mol. The SMILES string of the molecule is O=C1CCC(N2C(=O)c3cccc(N4CCC(CNC(=O)c5ccccc5OC(F)(F)F)CC4)c3C2=O)C(=O)N1. The molecule has 0 aromatic heterocycles. The smallest absolute Gasteiger partial charge is 0.405 e. The van der Waals surface area contributed by atoms with Crippen LogP contribution in [0, 0.1) is 5.92 Å². The molecular weight excluding hydrogens is 533 g/mol. The van der Waals surface area contributed by atoms with Crippen molar-refractivity contribution in [3.05, 3.63) is 59.2 Å². The molecular formula is C27H25F3N4O6. The molecule has 2 aromatic rings. The molecule has 0 radical (unpaired) electrons. The third-order valence-electron chi connectivity index (χ3n) is 7.31. The van der Waals surface area contributed by atoms with Crippen LogP contribution in [0.3, 0.4) is 0 Å². The van der Waals surface area contributed by atoms with Crippen molar-refractivity contribution >= 4 is 35.2 Å². The zero-order chi connectivity index (χ0) is 28.6. The molecule has 3 aliphatic heterocycles. The number of para-hydroxylation sites is 1. The molecule has 210 valence electrons. The highest BCUT2D eigenvalue weighted by atomic mass is 19.4. The Morgan fingerprint density at radius 2 is 1.70 bits per heavy atom. The van der Waals surface area contributed by atoms with Gasteiger partial charge in [-0.05, 0) is 49.4 Å². The number of hydrogen-bond donors (Lipinski definition) is 2. The average molecular weight is 559 g/mol. The van der Waals surface area contributed by atoms with Crippen LogP contribution in [0.15, 0.2) is 42.5 Å². The van der Waals surface area contributed by atoms with Gasteiger partial charge in [0.15, 0.2) is 0 Å². The maximum absolute atomic E-state index is 13.4. The van der Waals surface area contributed by atoms with Crippen LogP contribution in [0.25, 0.3) is 0 Å². The molecule has 3 aliphatic rings. The minimum Gasteiger partial charge on any atom is -0.405 e. The number of carbonyl (C=O) groups excluding carboxylic acids is 5. The van der Waals surface area contributed by atoms with Gasteiger partial charge in [0.2, 0.25) is 11.8 Å². The van der Waals surface area contributed by atoms with Crippen LogP contribution in [0.5, 0.6) is 5.75 Å². The Kier molecular flexibility index (Phi) is 7.21. The van der Waals surface area contributed by atoms with Gasteiger partial charge in [0.1, 0.15) is 11.8 Å². The lowest BCUT2D eigenvalue weighted by molar-refractivity contribution is -0.274. The van der Waals surface area contributed by atoms with Gasteiger partial charge in [-0.2, -0.15) is 0 Å². The van der Waals surface area contributed by atoms with E-state index >= 15 is 0 Å². The van der Waals surface area contributed by atoms with E-state index in [1.165, 1.54) is 24.3 Å². The Labute approximate surface area is 226 Å². The van der Waals surface area contributed by atoms with E-state index < -0.39 is 47.7 Å². The number of nitrogens with one attached hydrogen (secondary N) is 2. The number of rotatable bonds is 6. The van der Waals surface area contributed by atoms with Gasteiger partial charge in [0, 0.05) is 26.1 Å². The van der Waals surface area contributed by atoms with Crippen LogP contribution in [-0.2, 0) is 9.59 Å². The summed E-state index contributed by atoms with van der Waals surface area (Å²) in [7, 11) is 0. The number of hydrogen-bond acceptors (Lipinski definition) is 7. The summed E-state index contributed by atoms with van der Waals surface area (Å²) >= 11 is 0. The van der Waals surface area contributed by atoms with E-state index in [9.17, 15) is 37.1 Å². The maximum atomic E-state index is 13.4. The average Bonchev–Trinajstić information content (AvgIpc) is 3.17. The lowest BCUT2D eigenvalue weighted by Crippen LogP contribution is -2.54. The van der Waals surface area contributed by atoms with Crippen LogP contribution in [-0.4, -0.2) is 66.5 Å². The molecule has 2 fully saturated rings. The third-order valence-corrected chi connectivity index (χ3v) is 7.31. The molecule has 40 heavy (non-hydrogen) atoms. The minimum atomic E-state index is -4.92. The normalized spacial score (nSPS) is 19.9. The van der Waals surface area contributed by atoms with Gasteiger partial charge in [-0.1, -0.05) is 18.2 Å². The third kappa shape index (κ3) is 5.36. The second-order valence-corrected chi connectivity index (χ2v) is 9.83. The second kappa shape index (κ2) is 10.6. The molecule has 0 saturated carbocycles. The number of imide groups is 2. The summed E-state index contributed by atoms with van der Waals surface area (Å²) in [5, 5.41) is 4.86. The second-order valence-electron chi connectivity index (χ2n) is 9.83. The number of halogens is 3. The summed E-state index contributed by atoms with van der Waals surface area (Å²) < 4.78 is 42.0. The van der Waals surface area contributed by atoms with E-state index in [1.807, 2.05) is 4.90 Å². The van der Waals surface area contributed by atoms with Crippen molar-refractivity contribution in [1.29, 1.82) is 0 Å². The Hall–Kier alpha value is -4.42. The van der Waals surface area contributed by atoms with Crippen LogP contribution < -0.4 is 20.3 Å². The first-order chi connectivity index (χ1) is 19.0. The van der Waals surface area contributed by atoms with Crippen LogP contribution in [0.4, 0.5) is 18.9 Å². The maximum Gasteiger partial charge on any atom is 0.573 e. The summed E-state index contributed by atoms with van der Waals surface area (Å²) in [6.07, 6.45) is -3.60. The number of piperidine rings is 2. The van der Waals surface area contributed by atoms with Crippen molar-refractivity contribution in [3.8, 4) is 5.75 Å². The quantitative estimate of drug-likeness (QED) is 0.523. The zero-order valence-electron chi connectivity index (χ0n) is 21.1. The topological polar surface area (TPSA) is 125 Å². The van der Waals surface area contributed by atoms with Crippen molar-refractivity contribution in [1.82, 2.24) is 15.5 Å². The summed E-state index contributed by atoms with van der Waals surface area (Å²) in [5.41, 5.74) is 0.749. The molecule has 1 unspecified atom stereocenters. The molecule has 13 heteroatoms. The fraction of sp³-hybridized carbons (Fsp3) is 0.370. The van der Waals surface area contributed by atoms with Crippen molar-refractivity contribution in [2.45, 2.75) is 38.1 Å². The van der Waals surface area contributed by atoms with Crippen LogP contribution in [0.2, 0.25) is 0 Å². The molecule has 5 rings (SSSR count). The first-order valence-electron chi connectivity index (χ1n) is 12.8. The Morgan fingerprint density at radius 3 is 2.40 bits per heavy atom. The summed E-state index contributed by atoms with van der Waals surface area (Å²) in [6, 6.07) is 9.00. The minimum absolute atomic E-state index is 0.0294.